The summed E-state index contributed by atoms with van der Waals surface area (Å²) in [7, 11) is 0. The van der Waals surface area contributed by atoms with Crippen molar-refractivity contribution in [3.63, 3.8) is 0 Å². The molecule has 1 aromatic heterocycles. The van der Waals surface area contributed by atoms with Gasteiger partial charge in [-0.1, -0.05) is 28.1 Å². The summed E-state index contributed by atoms with van der Waals surface area (Å²) >= 11 is 3.46. The maximum absolute atomic E-state index is 12.0. The molecule has 3 rings (SSSR count). The number of halogens is 1. The summed E-state index contributed by atoms with van der Waals surface area (Å²) in [5.41, 5.74) is 1.13. The van der Waals surface area contributed by atoms with Crippen molar-refractivity contribution < 1.29 is 19.1 Å². The fourth-order valence-electron chi connectivity index (χ4n) is 2.44. The molecule has 0 atom stereocenters. The Morgan fingerprint density at radius 2 is 2.09 bits per heavy atom. The largest absolute Gasteiger partial charge is 0.478 e. The van der Waals surface area contributed by atoms with Crippen LogP contribution in [0.15, 0.2) is 45.5 Å². The maximum atomic E-state index is 12.0. The van der Waals surface area contributed by atoms with Gasteiger partial charge in [-0.3, -0.25) is 4.79 Å². The van der Waals surface area contributed by atoms with Gasteiger partial charge < -0.3 is 14.8 Å². The second-order valence-corrected chi connectivity index (χ2v) is 6.39. The average molecular weight is 364 g/mol. The van der Waals surface area contributed by atoms with E-state index in [4.69, 9.17) is 9.52 Å². The van der Waals surface area contributed by atoms with Crippen LogP contribution >= 0.6 is 15.9 Å². The molecule has 0 bridgehead atoms. The minimum Gasteiger partial charge on any atom is -0.478 e. The summed E-state index contributed by atoms with van der Waals surface area (Å²) in [5.74, 6) is -1.49. The Kier molecular flexibility index (Phi) is 3.78. The van der Waals surface area contributed by atoms with Crippen molar-refractivity contribution in [1.29, 1.82) is 0 Å². The topological polar surface area (TPSA) is 79.5 Å². The van der Waals surface area contributed by atoms with E-state index in [1.165, 1.54) is 11.6 Å². The van der Waals surface area contributed by atoms with Crippen LogP contribution in [0.25, 0.3) is 0 Å². The summed E-state index contributed by atoms with van der Waals surface area (Å²) < 4.78 is 6.01. The zero-order valence-electron chi connectivity index (χ0n) is 11.6. The predicted molar refractivity (Wildman–Crippen MR) is 83.1 cm³/mol. The van der Waals surface area contributed by atoms with Crippen LogP contribution in [0.2, 0.25) is 0 Å². The van der Waals surface area contributed by atoms with Gasteiger partial charge >= 0.3 is 5.97 Å². The monoisotopic (exact) mass is 363 g/mol. The molecule has 1 saturated carbocycles. The molecule has 0 aliphatic heterocycles. The first-order valence-electron chi connectivity index (χ1n) is 6.86. The van der Waals surface area contributed by atoms with Crippen LogP contribution in [-0.4, -0.2) is 23.5 Å². The van der Waals surface area contributed by atoms with E-state index in [0.29, 0.717) is 6.54 Å². The van der Waals surface area contributed by atoms with Crippen molar-refractivity contribution in [2.75, 3.05) is 6.54 Å². The third-order valence-corrected chi connectivity index (χ3v) is 4.44. The summed E-state index contributed by atoms with van der Waals surface area (Å²) in [6.45, 7) is 0.505. The summed E-state index contributed by atoms with van der Waals surface area (Å²) in [6.07, 6.45) is 3.10. The first-order valence-corrected chi connectivity index (χ1v) is 7.66. The van der Waals surface area contributed by atoms with Gasteiger partial charge in [-0.25, -0.2) is 4.79 Å². The van der Waals surface area contributed by atoms with E-state index in [0.717, 1.165) is 23.6 Å². The lowest BCUT2D eigenvalue weighted by Gasteiger charge is -2.16. The van der Waals surface area contributed by atoms with Gasteiger partial charge in [0.05, 0.1) is 5.56 Å². The molecule has 22 heavy (non-hydrogen) atoms. The van der Waals surface area contributed by atoms with Crippen LogP contribution in [0.1, 0.15) is 39.3 Å². The number of carboxylic acids is 1. The molecule has 5 nitrogen and oxygen atoms in total. The zero-order valence-corrected chi connectivity index (χ0v) is 13.2. The van der Waals surface area contributed by atoms with Crippen LogP contribution in [-0.2, 0) is 5.41 Å². The second-order valence-electron chi connectivity index (χ2n) is 5.48. The number of carboxylic acid groups (broad SMARTS) is 1. The Morgan fingerprint density at radius 3 is 2.68 bits per heavy atom. The van der Waals surface area contributed by atoms with Crippen molar-refractivity contribution in [2.24, 2.45) is 0 Å². The van der Waals surface area contributed by atoms with Gasteiger partial charge in [-0.05, 0) is 30.5 Å². The lowest BCUT2D eigenvalue weighted by molar-refractivity contribution is 0.0696. The molecule has 0 saturated heterocycles. The number of nitrogens with one attached hydrogen (secondary N) is 1. The Hall–Kier alpha value is -2.08. The Morgan fingerprint density at radius 1 is 1.32 bits per heavy atom. The molecule has 1 amide bonds. The molecule has 0 radical (unpaired) electrons. The van der Waals surface area contributed by atoms with Gasteiger partial charge in [0, 0.05) is 22.5 Å². The molecule has 114 valence electrons. The fraction of sp³-hybridized carbons (Fsp3) is 0.250. The highest BCUT2D eigenvalue weighted by Gasteiger charge is 2.44. The normalized spacial score (nSPS) is 15.3. The van der Waals surface area contributed by atoms with Crippen molar-refractivity contribution >= 4 is 27.8 Å². The lowest BCUT2D eigenvalue weighted by atomic mass is 9.96. The molecule has 6 heteroatoms. The van der Waals surface area contributed by atoms with Crippen LogP contribution < -0.4 is 5.32 Å². The van der Waals surface area contributed by atoms with Crippen LogP contribution in [0.5, 0.6) is 0 Å². The highest BCUT2D eigenvalue weighted by atomic mass is 79.9. The Bertz CT molecular complexity index is 733. The molecule has 0 unspecified atom stereocenters. The van der Waals surface area contributed by atoms with E-state index in [-0.39, 0.29) is 16.7 Å². The smallest absolute Gasteiger partial charge is 0.338 e. The van der Waals surface area contributed by atoms with Crippen molar-refractivity contribution in [3.05, 3.63) is 58.0 Å². The molecule has 1 aliphatic carbocycles. The molecule has 2 aromatic rings. The van der Waals surface area contributed by atoms with Crippen LogP contribution in [0, 0.1) is 0 Å². The van der Waals surface area contributed by atoms with E-state index in [1.54, 1.807) is 0 Å². The van der Waals surface area contributed by atoms with Crippen molar-refractivity contribution in [1.82, 2.24) is 5.32 Å². The van der Waals surface area contributed by atoms with Crippen LogP contribution in [0.3, 0.4) is 0 Å². The van der Waals surface area contributed by atoms with E-state index in [9.17, 15) is 9.59 Å². The second kappa shape index (κ2) is 5.61. The van der Waals surface area contributed by atoms with Gasteiger partial charge in [0.1, 0.15) is 6.26 Å². The third kappa shape index (κ3) is 2.92. The number of carbonyl (C=O) groups excluding carboxylic acids is 1. The number of furan rings is 1. The first-order chi connectivity index (χ1) is 10.5. The van der Waals surface area contributed by atoms with E-state index < -0.39 is 11.9 Å². The van der Waals surface area contributed by atoms with Crippen molar-refractivity contribution in [2.45, 2.75) is 18.3 Å². The quantitative estimate of drug-likeness (QED) is 0.854. The van der Waals surface area contributed by atoms with Gasteiger partial charge in [-0.15, -0.1) is 0 Å². The number of rotatable bonds is 5. The summed E-state index contributed by atoms with van der Waals surface area (Å²) in [6, 6.07) is 9.30. The predicted octanol–water partition coefficient (Wildman–Crippen LogP) is 3.20. The van der Waals surface area contributed by atoms with Gasteiger partial charge in [0.2, 0.25) is 0 Å². The molecular formula is C16H14BrNO4. The zero-order chi connectivity index (χ0) is 15.7. The number of carbonyl (C=O) groups is 2. The number of amides is 1. The Labute approximate surface area is 135 Å². The molecular weight excluding hydrogens is 350 g/mol. The van der Waals surface area contributed by atoms with E-state index in [1.807, 2.05) is 12.1 Å². The van der Waals surface area contributed by atoms with E-state index in [2.05, 4.69) is 33.4 Å². The molecule has 1 aliphatic rings. The minimum absolute atomic E-state index is 0.0162. The van der Waals surface area contributed by atoms with Crippen LogP contribution in [0.4, 0.5) is 0 Å². The van der Waals surface area contributed by atoms with Gasteiger partial charge in [0.25, 0.3) is 5.91 Å². The fourth-order valence-corrected chi connectivity index (χ4v) is 2.84. The van der Waals surface area contributed by atoms with E-state index >= 15 is 0 Å². The highest BCUT2D eigenvalue weighted by Crippen LogP contribution is 2.48. The first kappa shape index (κ1) is 14.8. The van der Waals surface area contributed by atoms with Gasteiger partial charge in [0.15, 0.2) is 5.76 Å². The average Bonchev–Trinajstić information content (AvgIpc) is 3.11. The standard InChI is InChI=1S/C16H14BrNO4/c17-12-3-1-2-11(7-12)16(4-5-16)9-18-14(19)13-6-10(8-22-13)15(20)21/h1-3,6-8H,4-5,9H2,(H,18,19)(H,20,21). The minimum atomic E-state index is -1.12. The maximum Gasteiger partial charge on any atom is 0.338 e. The Balaban J connectivity index is 1.67. The molecule has 1 fully saturated rings. The molecule has 0 spiro atoms. The number of benzene rings is 1. The summed E-state index contributed by atoms with van der Waals surface area (Å²) in [5, 5.41) is 11.7. The lowest BCUT2D eigenvalue weighted by Crippen LogP contribution is -2.32. The third-order valence-electron chi connectivity index (χ3n) is 3.95. The molecule has 1 aromatic carbocycles. The highest BCUT2D eigenvalue weighted by molar-refractivity contribution is 9.10. The number of hydrogen-bond donors (Lipinski definition) is 2. The number of hydrogen-bond acceptors (Lipinski definition) is 3. The van der Waals surface area contributed by atoms with Crippen molar-refractivity contribution in [3.8, 4) is 0 Å². The number of aromatic carboxylic acids is 1. The van der Waals surface area contributed by atoms with Gasteiger partial charge in [-0.2, -0.15) is 0 Å². The SMILES string of the molecule is O=C(O)c1coc(C(=O)NCC2(c3cccc(Br)c3)CC2)c1. The molecule has 2 N–H and O–H groups in total. The molecule has 1 heterocycles. The summed E-state index contributed by atoms with van der Waals surface area (Å²) in [4.78, 5) is 22.8.